The lowest BCUT2D eigenvalue weighted by atomic mass is 10.1. The van der Waals surface area contributed by atoms with E-state index in [9.17, 15) is 9.18 Å². The summed E-state index contributed by atoms with van der Waals surface area (Å²) in [7, 11) is 1.39. The zero-order chi connectivity index (χ0) is 19.0. The number of aromatic nitrogens is 3. The maximum absolute atomic E-state index is 13.9. The van der Waals surface area contributed by atoms with E-state index in [0.717, 1.165) is 0 Å². The van der Waals surface area contributed by atoms with Gasteiger partial charge in [0, 0.05) is 37.9 Å². The van der Waals surface area contributed by atoms with Gasteiger partial charge in [0.25, 0.3) is 5.91 Å². The number of ether oxygens (including phenoxy) is 1. The van der Waals surface area contributed by atoms with Crippen LogP contribution in [0, 0.1) is 5.82 Å². The van der Waals surface area contributed by atoms with Gasteiger partial charge in [0.1, 0.15) is 0 Å². The molecule has 1 aliphatic rings. The van der Waals surface area contributed by atoms with Crippen molar-refractivity contribution in [2.45, 2.75) is 0 Å². The number of amides is 1. The summed E-state index contributed by atoms with van der Waals surface area (Å²) in [6.07, 6.45) is 1.77. The number of fused-ring (bicyclic) bond motifs is 1. The first kappa shape index (κ1) is 17.5. The summed E-state index contributed by atoms with van der Waals surface area (Å²) in [5.74, 6) is 0.0583. The maximum atomic E-state index is 13.9. The van der Waals surface area contributed by atoms with Crippen LogP contribution in [0.4, 0.5) is 10.3 Å². The first-order chi connectivity index (χ1) is 13.1. The van der Waals surface area contributed by atoms with Crippen LogP contribution in [-0.4, -0.2) is 58.7 Å². The molecular formula is C18H17ClFN5O2. The van der Waals surface area contributed by atoms with Crippen molar-refractivity contribution in [2.75, 3.05) is 38.2 Å². The smallest absolute Gasteiger partial charge is 0.254 e. The maximum Gasteiger partial charge on any atom is 0.254 e. The standard InChI is InChI=1S/C18H17ClFN5O2/c1-27-15-4-2-12(10-14(15)20)17(26)23-6-8-24(9-7-23)18-22-21-16-5-3-13(19)11-25(16)18/h2-5,10-11H,6-9H2,1H3. The van der Waals surface area contributed by atoms with Gasteiger partial charge in [-0.15, -0.1) is 10.2 Å². The summed E-state index contributed by atoms with van der Waals surface area (Å²) in [5, 5.41) is 8.97. The van der Waals surface area contributed by atoms with E-state index in [1.54, 1.807) is 29.3 Å². The molecule has 4 rings (SSSR count). The van der Waals surface area contributed by atoms with Gasteiger partial charge in [0.05, 0.1) is 12.1 Å². The number of piperazine rings is 1. The normalized spacial score (nSPS) is 14.6. The van der Waals surface area contributed by atoms with Crippen molar-refractivity contribution in [1.29, 1.82) is 0 Å². The zero-order valence-corrected chi connectivity index (χ0v) is 15.4. The summed E-state index contributed by atoms with van der Waals surface area (Å²) in [6.45, 7) is 2.19. The number of methoxy groups -OCH3 is 1. The largest absolute Gasteiger partial charge is 0.494 e. The van der Waals surface area contributed by atoms with E-state index in [0.29, 0.717) is 48.4 Å². The predicted molar refractivity (Wildman–Crippen MR) is 99.1 cm³/mol. The van der Waals surface area contributed by atoms with E-state index in [1.165, 1.54) is 19.2 Å². The third-order valence-corrected chi connectivity index (χ3v) is 4.82. The van der Waals surface area contributed by atoms with Gasteiger partial charge in [-0.2, -0.15) is 0 Å². The van der Waals surface area contributed by atoms with Gasteiger partial charge in [-0.1, -0.05) is 11.6 Å². The van der Waals surface area contributed by atoms with Crippen molar-refractivity contribution < 1.29 is 13.9 Å². The van der Waals surface area contributed by atoms with E-state index < -0.39 is 5.82 Å². The van der Waals surface area contributed by atoms with Crippen LogP contribution in [0.2, 0.25) is 5.02 Å². The summed E-state index contributed by atoms with van der Waals surface area (Å²) in [6, 6.07) is 7.81. The molecule has 0 bridgehead atoms. The molecule has 0 N–H and O–H groups in total. The summed E-state index contributed by atoms with van der Waals surface area (Å²) in [4.78, 5) is 16.4. The van der Waals surface area contributed by atoms with E-state index in [1.807, 2.05) is 4.40 Å². The molecule has 1 aromatic carbocycles. The highest BCUT2D eigenvalue weighted by Crippen LogP contribution is 2.21. The second kappa shape index (κ2) is 7.03. The zero-order valence-electron chi connectivity index (χ0n) is 14.6. The number of hydrogen-bond acceptors (Lipinski definition) is 5. The van der Waals surface area contributed by atoms with Gasteiger partial charge in [-0.3, -0.25) is 9.20 Å². The van der Waals surface area contributed by atoms with Gasteiger partial charge in [0.15, 0.2) is 17.2 Å². The molecule has 9 heteroatoms. The first-order valence-electron chi connectivity index (χ1n) is 8.45. The highest BCUT2D eigenvalue weighted by atomic mass is 35.5. The fraction of sp³-hybridized carbons (Fsp3) is 0.278. The van der Waals surface area contributed by atoms with Crippen LogP contribution in [0.5, 0.6) is 5.75 Å². The van der Waals surface area contributed by atoms with Gasteiger partial charge >= 0.3 is 0 Å². The van der Waals surface area contributed by atoms with Crippen molar-refractivity contribution >= 4 is 29.1 Å². The molecule has 2 aromatic heterocycles. The second-order valence-electron chi connectivity index (χ2n) is 6.20. The van der Waals surface area contributed by atoms with Crippen LogP contribution < -0.4 is 9.64 Å². The molecule has 0 radical (unpaired) electrons. The van der Waals surface area contributed by atoms with Crippen molar-refractivity contribution in [3.05, 3.63) is 52.9 Å². The summed E-state index contributed by atoms with van der Waals surface area (Å²) < 4.78 is 20.6. The van der Waals surface area contributed by atoms with Crippen molar-refractivity contribution in [3.8, 4) is 5.75 Å². The van der Waals surface area contributed by atoms with Crippen molar-refractivity contribution in [2.24, 2.45) is 0 Å². The Morgan fingerprint density at radius 1 is 1.15 bits per heavy atom. The molecule has 1 amide bonds. The predicted octanol–water partition coefficient (Wildman–Crippen LogP) is 2.49. The third-order valence-electron chi connectivity index (χ3n) is 4.60. The van der Waals surface area contributed by atoms with Crippen LogP contribution in [-0.2, 0) is 0 Å². The number of carbonyl (C=O) groups excluding carboxylic acids is 1. The van der Waals surface area contributed by atoms with Crippen LogP contribution in [0.15, 0.2) is 36.5 Å². The fourth-order valence-corrected chi connectivity index (χ4v) is 3.32. The van der Waals surface area contributed by atoms with Crippen molar-refractivity contribution in [1.82, 2.24) is 19.5 Å². The minimum Gasteiger partial charge on any atom is -0.494 e. The Kier molecular flexibility index (Phi) is 4.57. The molecular weight excluding hydrogens is 373 g/mol. The molecule has 3 heterocycles. The lowest BCUT2D eigenvalue weighted by molar-refractivity contribution is 0.0745. The molecule has 1 fully saturated rings. The Hall–Kier alpha value is -2.87. The molecule has 0 saturated carbocycles. The Morgan fingerprint density at radius 3 is 2.63 bits per heavy atom. The van der Waals surface area contributed by atoms with E-state index in [2.05, 4.69) is 15.1 Å². The molecule has 27 heavy (non-hydrogen) atoms. The number of benzene rings is 1. The van der Waals surface area contributed by atoms with Crippen LogP contribution >= 0.6 is 11.6 Å². The molecule has 0 atom stereocenters. The number of halogens is 2. The summed E-state index contributed by atoms with van der Waals surface area (Å²) >= 11 is 6.07. The fourth-order valence-electron chi connectivity index (χ4n) is 3.16. The molecule has 0 aliphatic carbocycles. The lowest BCUT2D eigenvalue weighted by Crippen LogP contribution is -2.49. The van der Waals surface area contributed by atoms with E-state index in [-0.39, 0.29) is 11.7 Å². The average Bonchev–Trinajstić information content (AvgIpc) is 3.10. The second-order valence-corrected chi connectivity index (χ2v) is 6.64. The topological polar surface area (TPSA) is 63.0 Å². The molecule has 0 spiro atoms. The highest BCUT2D eigenvalue weighted by molar-refractivity contribution is 6.30. The highest BCUT2D eigenvalue weighted by Gasteiger charge is 2.25. The Bertz CT molecular complexity index is 1000. The molecule has 1 saturated heterocycles. The number of nitrogens with zero attached hydrogens (tertiary/aromatic N) is 5. The number of carbonyl (C=O) groups is 1. The van der Waals surface area contributed by atoms with Gasteiger partial charge in [-0.25, -0.2) is 4.39 Å². The van der Waals surface area contributed by atoms with Gasteiger partial charge in [-0.05, 0) is 30.3 Å². The Labute approximate surface area is 159 Å². The number of anilines is 1. The van der Waals surface area contributed by atoms with Gasteiger partial charge < -0.3 is 14.5 Å². The third kappa shape index (κ3) is 3.28. The molecule has 1 aliphatic heterocycles. The van der Waals surface area contributed by atoms with Crippen LogP contribution in [0.1, 0.15) is 10.4 Å². The minimum atomic E-state index is -0.547. The van der Waals surface area contributed by atoms with E-state index >= 15 is 0 Å². The Balaban J connectivity index is 1.47. The van der Waals surface area contributed by atoms with Gasteiger partial charge in [0.2, 0.25) is 5.95 Å². The minimum absolute atomic E-state index is 0.119. The monoisotopic (exact) mass is 389 g/mol. The quantitative estimate of drug-likeness (QED) is 0.688. The van der Waals surface area contributed by atoms with Crippen molar-refractivity contribution in [3.63, 3.8) is 0 Å². The molecule has 3 aromatic rings. The van der Waals surface area contributed by atoms with E-state index in [4.69, 9.17) is 16.3 Å². The van der Waals surface area contributed by atoms with Crippen LogP contribution in [0.25, 0.3) is 5.65 Å². The molecule has 0 unspecified atom stereocenters. The Morgan fingerprint density at radius 2 is 1.93 bits per heavy atom. The number of pyridine rings is 1. The molecule has 7 nitrogen and oxygen atoms in total. The first-order valence-corrected chi connectivity index (χ1v) is 8.82. The number of hydrogen-bond donors (Lipinski definition) is 0. The lowest BCUT2D eigenvalue weighted by Gasteiger charge is -2.34. The average molecular weight is 390 g/mol. The molecule has 140 valence electrons. The SMILES string of the molecule is COc1ccc(C(=O)N2CCN(c3nnc4ccc(Cl)cn34)CC2)cc1F. The van der Waals surface area contributed by atoms with Crippen LogP contribution in [0.3, 0.4) is 0 Å². The summed E-state index contributed by atoms with van der Waals surface area (Å²) in [5.41, 5.74) is 1.02. The number of rotatable bonds is 3.